The fourth-order valence-corrected chi connectivity index (χ4v) is 3.51. The molecule has 0 spiro atoms. The van der Waals surface area contributed by atoms with Crippen molar-refractivity contribution < 1.29 is 18.7 Å². The summed E-state index contributed by atoms with van der Waals surface area (Å²) in [4.78, 5) is 17.9. The van der Waals surface area contributed by atoms with Crippen molar-refractivity contribution in [2.75, 3.05) is 14.2 Å². The van der Waals surface area contributed by atoms with Gasteiger partial charge in [-0.1, -0.05) is 26.2 Å². The Labute approximate surface area is 177 Å². The number of ether oxygens (including phenoxy) is 2. The zero-order chi connectivity index (χ0) is 21.7. The first-order chi connectivity index (χ1) is 14.5. The quantitative estimate of drug-likeness (QED) is 0.470. The molecule has 3 rings (SSSR count). The van der Waals surface area contributed by atoms with Crippen molar-refractivity contribution in [3.63, 3.8) is 0 Å². The third-order valence-electron chi connectivity index (χ3n) is 5.17. The number of carbonyl (C=O) groups excluding carboxylic acids is 1. The number of nitrogens with one attached hydrogen (secondary N) is 1. The van der Waals surface area contributed by atoms with Crippen LogP contribution < -0.4 is 14.8 Å². The predicted molar refractivity (Wildman–Crippen MR) is 118 cm³/mol. The third kappa shape index (κ3) is 4.75. The summed E-state index contributed by atoms with van der Waals surface area (Å²) in [5, 5.41) is 3.83. The van der Waals surface area contributed by atoms with Gasteiger partial charge in [0, 0.05) is 17.5 Å². The standard InChI is InChI=1S/C24H30N2O4/c1-6-7-8-9-15(2)25-24(27)18-12-20(21-11-10-16(3)30-21)26-19-14-23(29-5)22(28-4)13-17(18)19/h10-15H,6-9H2,1-5H3,(H,25,27). The summed E-state index contributed by atoms with van der Waals surface area (Å²) in [6.45, 7) is 6.09. The van der Waals surface area contributed by atoms with Gasteiger partial charge in [-0.2, -0.15) is 0 Å². The molecule has 0 radical (unpaired) electrons. The topological polar surface area (TPSA) is 73.6 Å². The molecule has 1 atom stereocenters. The lowest BCUT2D eigenvalue weighted by Gasteiger charge is -2.16. The Hall–Kier alpha value is -3.02. The van der Waals surface area contributed by atoms with Crippen LogP contribution >= 0.6 is 0 Å². The highest BCUT2D eigenvalue weighted by Crippen LogP contribution is 2.35. The third-order valence-corrected chi connectivity index (χ3v) is 5.17. The van der Waals surface area contributed by atoms with Gasteiger partial charge in [-0.3, -0.25) is 4.79 Å². The van der Waals surface area contributed by atoms with Crippen LogP contribution in [0.1, 0.15) is 55.6 Å². The fourth-order valence-electron chi connectivity index (χ4n) is 3.51. The number of carbonyl (C=O) groups is 1. The zero-order valence-electron chi connectivity index (χ0n) is 18.4. The van der Waals surface area contributed by atoms with Crippen molar-refractivity contribution in [3.05, 3.63) is 41.7 Å². The molecule has 0 fully saturated rings. The first-order valence-corrected chi connectivity index (χ1v) is 10.4. The molecule has 3 aromatic rings. The maximum absolute atomic E-state index is 13.2. The summed E-state index contributed by atoms with van der Waals surface area (Å²) in [6.07, 6.45) is 4.36. The number of benzene rings is 1. The number of fused-ring (bicyclic) bond motifs is 1. The van der Waals surface area contributed by atoms with E-state index in [2.05, 4.69) is 12.2 Å². The van der Waals surface area contributed by atoms with E-state index in [1.165, 1.54) is 0 Å². The molecule has 2 aromatic heterocycles. The molecule has 1 amide bonds. The maximum Gasteiger partial charge on any atom is 0.252 e. The van der Waals surface area contributed by atoms with E-state index in [9.17, 15) is 4.79 Å². The van der Waals surface area contributed by atoms with Gasteiger partial charge in [0.25, 0.3) is 5.91 Å². The van der Waals surface area contributed by atoms with Crippen LogP contribution in [0.2, 0.25) is 0 Å². The molecule has 0 bridgehead atoms. The van der Waals surface area contributed by atoms with Crippen LogP contribution in [0.25, 0.3) is 22.4 Å². The van der Waals surface area contributed by atoms with E-state index in [-0.39, 0.29) is 11.9 Å². The van der Waals surface area contributed by atoms with E-state index in [0.29, 0.717) is 39.4 Å². The Morgan fingerprint density at radius 3 is 2.50 bits per heavy atom. The predicted octanol–water partition coefficient (Wildman–Crippen LogP) is 5.52. The summed E-state index contributed by atoms with van der Waals surface area (Å²) >= 11 is 0. The van der Waals surface area contributed by atoms with E-state index >= 15 is 0 Å². The highest BCUT2D eigenvalue weighted by molar-refractivity contribution is 6.08. The summed E-state index contributed by atoms with van der Waals surface area (Å²) < 4.78 is 16.6. The Balaban J connectivity index is 2.06. The molecule has 1 N–H and O–H groups in total. The lowest BCUT2D eigenvalue weighted by Crippen LogP contribution is -2.32. The van der Waals surface area contributed by atoms with E-state index in [1.54, 1.807) is 32.4 Å². The van der Waals surface area contributed by atoms with Gasteiger partial charge >= 0.3 is 0 Å². The molecule has 1 aromatic carbocycles. The SMILES string of the molecule is CCCCCC(C)NC(=O)c1cc(-c2ccc(C)o2)nc2cc(OC)c(OC)cc12. The van der Waals surface area contributed by atoms with Gasteiger partial charge in [0.05, 0.1) is 25.3 Å². The van der Waals surface area contributed by atoms with Gasteiger partial charge in [0.2, 0.25) is 0 Å². The Bertz CT molecular complexity index is 1030. The van der Waals surface area contributed by atoms with E-state index in [1.807, 2.05) is 26.0 Å². The van der Waals surface area contributed by atoms with E-state index < -0.39 is 0 Å². The van der Waals surface area contributed by atoms with Gasteiger partial charge in [0.1, 0.15) is 11.5 Å². The number of unbranched alkanes of at least 4 members (excludes halogenated alkanes) is 2. The Morgan fingerprint density at radius 1 is 1.13 bits per heavy atom. The van der Waals surface area contributed by atoms with Crippen LogP contribution in [-0.2, 0) is 0 Å². The maximum atomic E-state index is 13.2. The molecular weight excluding hydrogens is 380 g/mol. The van der Waals surface area contributed by atoms with Crippen LogP contribution in [0, 0.1) is 6.92 Å². The van der Waals surface area contributed by atoms with Gasteiger partial charge in [0.15, 0.2) is 17.3 Å². The molecule has 0 aliphatic heterocycles. The van der Waals surface area contributed by atoms with Crippen molar-refractivity contribution in [3.8, 4) is 23.0 Å². The molecule has 6 nitrogen and oxygen atoms in total. The number of methoxy groups -OCH3 is 2. The van der Waals surface area contributed by atoms with Crippen molar-refractivity contribution >= 4 is 16.8 Å². The van der Waals surface area contributed by atoms with Crippen molar-refractivity contribution in [2.45, 2.75) is 52.5 Å². The number of rotatable bonds is 9. The molecule has 0 saturated carbocycles. The van der Waals surface area contributed by atoms with Crippen molar-refractivity contribution in [1.82, 2.24) is 10.3 Å². The fraction of sp³-hybridized carbons (Fsp3) is 0.417. The summed E-state index contributed by atoms with van der Waals surface area (Å²) in [5.74, 6) is 2.38. The minimum atomic E-state index is -0.136. The minimum Gasteiger partial charge on any atom is -0.493 e. The molecule has 0 saturated heterocycles. The Kier molecular flexibility index (Phi) is 6.98. The van der Waals surface area contributed by atoms with Crippen molar-refractivity contribution in [1.29, 1.82) is 0 Å². The molecule has 1 unspecified atom stereocenters. The first kappa shape index (κ1) is 21.7. The van der Waals surface area contributed by atoms with Crippen LogP contribution in [0.3, 0.4) is 0 Å². The molecule has 30 heavy (non-hydrogen) atoms. The molecule has 0 aliphatic carbocycles. The molecule has 2 heterocycles. The number of aryl methyl sites for hydroxylation is 1. The van der Waals surface area contributed by atoms with Gasteiger partial charge in [-0.05, 0) is 44.5 Å². The van der Waals surface area contributed by atoms with Gasteiger partial charge in [-0.25, -0.2) is 4.98 Å². The van der Waals surface area contributed by atoms with Crippen molar-refractivity contribution in [2.24, 2.45) is 0 Å². The van der Waals surface area contributed by atoms with Crippen LogP contribution in [-0.4, -0.2) is 31.2 Å². The number of amides is 1. The second-order valence-corrected chi connectivity index (χ2v) is 7.56. The Morgan fingerprint density at radius 2 is 1.87 bits per heavy atom. The molecule has 160 valence electrons. The first-order valence-electron chi connectivity index (χ1n) is 10.4. The molecule has 0 aliphatic rings. The molecule has 6 heteroatoms. The number of hydrogen-bond donors (Lipinski definition) is 1. The number of nitrogens with zero attached hydrogens (tertiary/aromatic N) is 1. The summed E-state index contributed by atoms with van der Waals surface area (Å²) in [5.41, 5.74) is 1.78. The van der Waals surface area contributed by atoms with Gasteiger partial charge in [-0.15, -0.1) is 0 Å². The summed E-state index contributed by atoms with van der Waals surface area (Å²) in [7, 11) is 3.15. The zero-order valence-corrected chi connectivity index (χ0v) is 18.4. The second kappa shape index (κ2) is 9.65. The number of furan rings is 1. The molecular formula is C24H30N2O4. The number of hydrogen-bond acceptors (Lipinski definition) is 5. The van der Waals surface area contributed by atoms with Crippen LogP contribution in [0.5, 0.6) is 11.5 Å². The summed E-state index contributed by atoms with van der Waals surface area (Å²) in [6, 6.07) is 9.19. The number of aromatic nitrogens is 1. The highest BCUT2D eigenvalue weighted by Gasteiger charge is 2.19. The lowest BCUT2D eigenvalue weighted by molar-refractivity contribution is 0.0939. The average Bonchev–Trinajstić information content (AvgIpc) is 3.18. The lowest BCUT2D eigenvalue weighted by atomic mass is 10.0. The number of pyridine rings is 1. The van der Waals surface area contributed by atoms with Gasteiger partial charge < -0.3 is 19.2 Å². The largest absolute Gasteiger partial charge is 0.493 e. The average molecular weight is 411 g/mol. The monoisotopic (exact) mass is 410 g/mol. The smallest absolute Gasteiger partial charge is 0.252 e. The van der Waals surface area contributed by atoms with Crippen LogP contribution in [0.4, 0.5) is 0 Å². The highest BCUT2D eigenvalue weighted by atomic mass is 16.5. The normalized spacial score (nSPS) is 12.0. The van der Waals surface area contributed by atoms with Crippen LogP contribution in [0.15, 0.2) is 34.7 Å². The van der Waals surface area contributed by atoms with E-state index in [4.69, 9.17) is 18.9 Å². The minimum absolute atomic E-state index is 0.0849. The van der Waals surface area contributed by atoms with E-state index in [0.717, 1.165) is 31.4 Å². The second-order valence-electron chi connectivity index (χ2n) is 7.56.